The molecule has 2 rings (SSSR count). The quantitative estimate of drug-likeness (QED) is 0.855. The minimum absolute atomic E-state index is 0.0195. The number of carboxylic acid groups (broad SMARTS) is 1. The number of carbonyl (C=O) groups is 2. The maximum atomic E-state index is 13.7. The number of benzene rings is 1. The molecule has 6 nitrogen and oxygen atoms in total. The van der Waals surface area contributed by atoms with E-state index in [-0.39, 0.29) is 24.3 Å². The molecule has 1 heterocycles. The van der Waals surface area contributed by atoms with Gasteiger partial charge in [0.1, 0.15) is 18.2 Å². The number of hydrogen-bond acceptors (Lipinski definition) is 3. The molecule has 1 amide bonds. The first kappa shape index (κ1) is 16.6. The normalized spacial score (nSPS) is 12.0. The highest BCUT2D eigenvalue weighted by Crippen LogP contribution is 2.23. The largest absolute Gasteiger partial charge is 0.480 e. The number of nitrogens with zero attached hydrogens (tertiary/aromatic N) is 2. The van der Waals surface area contributed by atoms with Crippen molar-refractivity contribution in [3.05, 3.63) is 47.7 Å². The average molecular weight is 323 g/mol. The minimum atomic E-state index is -1.05. The van der Waals surface area contributed by atoms with Gasteiger partial charge in [0, 0.05) is 24.8 Å². The lowest BCUT2D eigenvalue weighted by atomic mass is 9.97. The zero-order valence-corrected chi connectivity index (χ0v) is 12.3. The van der Waals surface area contributed by atoms with E-state index in [0.717, 1.165) is 12.1 Å². The molecule has 0 saturated heterocycles. The van der Waals surface area contributed by atoms with E-state index in [1.54, 1.807) is 6.92 Å². The summed E-state index contributed by atoms with van der Waals surface area (Å²) < 4.78 is 27.7. The molecule has 1 aromatic heterocycles. The van der Waals surface area contributed by atoms with Crippen molar-refractivity contribution in [2.24, 2.45) is 0 Å². The lowest BCUT2D eigenvalue weighted by molar-refractivity contribution is -0.137. The van der Waals surface area contributed by atoms with Gasteiger partial charge in [-0.15, -0.1) is 0 Å². The first-order chi connectivity index (χ1) is 10.8. The summed E-state index contributed by atoms with van der Waals surface area (Å²) in [5, 5.41) is 15.0. The summed E-state index contributed by atoms with van der Waals surface area (Å²) in [5.74, 6) is -3.06. The fourth-order valence-corrected chi connectivity index (χ4v) is 2.14. The van der Waals surface area contributed by atoms with Crippen LogP contribution < -0.4 is 5.32 Å². The third-order valence-corrected chi connectivity index (χ3v) is 3.19. The summed E-state index contributed by atoms with van der Waals surface area (Å²) in [4.78, 5) is 22.5. The molecule has 2 aromatic rings. The molecule has 0 radical (unpaired) electrons. The van der Waals surface area contributed by atoms with Gasteiger partial charge < -0.3 is 10.4 Å². The number of amides is 1. The van der Waals surface area contributed by atoms with Crippen LogP contribution in [-0.2, 0) is 16.1 Å². The fraction of sp³-hybridized carbons (Fsp3) is 0.267. The molecule has 1 aromatic carbocycles. The number of aliphatic carboxylic acids is 1. The molecule has 8 heteroatoms. The van der Waals surface area contributed by atoms with Crippen LogP contribution in [0.1, 0.15) is 24.8 Å². The van der Waals surface area contributed by atoms with Gasteiger partial charge in [-0.1, -0.05) is 13.0 Å². The van der Waals surface area contributed by atoms with Crippen LogP contribution in [0.25, 0.3) is 0 Å². The zero-order valence-electron chi connectivity index (χ0n) is 12.3. The Bertz CT molecular complexity index is 731. The van der Waals surface area contributed by atoms with E-state index in [0.29, 0.717) is 0 Å². The first-order valence-electron chi connectivity index (χ1n) is 6.85. The van der Waals surface area contributed by atoms with Gasteiger partial charge in [0.15, 0.2) is 5.82 Å². The third-order valence-electron chi connectivity index (χ3n) is 3.19. The van der Waals surface area contributed by atoms with Gasteiger partial charge in [-0.3, -0.25) is 14.3 Å². The molecule has 0 saturated carbocycles. The molecule has 122 valence electrons. The lowest BCUT2D eigenvalue weighted by Crippen LogP contribution is -2.16. The van der Waals surface area contributed by atoms with Crippen LogP contribution in [-0.4, -0.2) is 26.8 Å². The van der Waals surface area contributed by atoms with E-state index in [2.05, 4.69) is 10.4 Å². The number of anilines is 1. The third kappa shape index (κ3) is 4.60. The van der Waals surface area contributed by atoms with Crippen molar-refractivity contribution in [1.82, 2.24) is 9.78 Å². The van der Waals surface area contributed by atoms with Gasteiger partial charge in [0.25, 0.3) is 0 Å². The predicted molar refractivity (Wildman–Crippen MR) is 77.9 cm³/mol. The molecule has 0 aliphatic carbocycles. The second-order valence-electron chi connectivity index (χ2n) is 5.11. The molecular weight excluding hydrogens is 308 g/mol. The Morgan fingerprint density at radius 2 is 2.09 bits per heavy atom. The van der Waals surface area contributed by atoms with E-state index in [9.17, 15) is 18.4 Å². The molecule has 2 N–H and O–H groups in total. The standard InChI is InChI=1S/C15H15F2N3O3/c1-9(11-3-2-10(16)7-12(11)17)6-14(21)18-13-4-5-20(19-13)8-15(22)23/h2-5,7,9H,6,8H2,1H3,(H,22,23)(H,18,19,21). The summed E-state index contributed by atoms with van der Waals surface area (Å²) in [5.41, 5.74) is 0.248. The number of carbonyl (C=O) groups excluding carboxylic acids is 1. The highest BCUT2D eigenvalue weighted by atomic mass is 19.1. The minimum Gasteiger partial charge on any atom is -0.480 e. The van der Waals surface area contributed by atoms with Gasteiger partial charge in [0.05, 0.1) is 0 Å². The number of hydrogen-bond donors (Lipinski definition) is 2. The molecule has 0 fully saturated rings. The molecule has 1 atom stereocenters. The Morgan fingerprint density at radius 3 is 2.74 bits per heavy atom. The van der Waals surface area contributed by atoms with Gasteiger partial charge in [0.2, 0.25) is 5.91 Å². The summed E-state index contributed by atoms with van der Waals surface area (Å²) in [6.07, 6.45) is 1.40. The summed E-state index contributed by atoms with van der Waals surface area (Å²) in [6.45, 7) is 1.34. The number of rotatable bonds is 6. The Labute approximate surface area is 130 Å². The van der Waals surface area contributed by atoms with Crippen LogP contribution in [0.15, 0.2) is 30.5 Å². The Kier molecular flexibility index (Phi) is 5.05. The number of halogens is 2. The van der Waals surface area contributed by atoms with Crippen molar-refractivity contribution >= 4 is 17.7 Å². The molecule has 0 aliphatic heterocycles. The molecule has 0 bridgehead atoms. The lowest BCUT2D eigenvalue weighted by Gasteiger charge is -2.12. The van der Waals surface area contributed by atoms with Gasteiger partial charge in [-0.05, 0) is 17.5 Å². The van der Waals surface area contributed by atoms with E-state index in [4.69, 9.17) is 5.11 Å². The Hall–Kier alpha value is -2.77. The molecule has 23 heavy (non-hydrogen) atoms. The fourth-order valence-electron chi connectivity index (χ4n) is 2.14. The molecule has 1 unspecified atom stereocenters. The number of nitrogens with one attached hydrogen (secondary N) is 1. The van der Waals surface area contributed by atoms with E-state index in [1.165, 1.54) is 23.0 Å². The smallest absolute Gasteiger partial charge is 0.325 e. The van der Waals surface area contributed by atoms with Gasteiger partial charge >= 0.3 is 5.97 Å². The second kappa shape index (κ2) is 6.99. The molecule has 0 spiro atoms. The number of carboxylic acids is 1. The SMILES string of the molecule is CC(CC(=O)Nc1ccn(CC(=O)O)n1)c1ccc(F)cc1F. The maximum absolute atomic E-state index is 13.7. The summed E-state index contributed by atoms with van der Waals surface area (Å²) in [6, 6.07) is 4.69. The molecule has 0 aliphatic rings. The predicted octanol–water partition coefficient (Wildman–Crippen LogP) is 2.38. The Morgan fingerprint density at radius 1 is 1.35 bits per heavy atom. The zero-order chi connectivity index (χ0) is 17.0. The maximum Gasteiger partial charge on any atom is 0.325 e. The summed E-state index contributed by atoms with van der Waals surface area (Å²) >= 11 is 0. The monoisotopic (exact) mass is 323 g/mol. The van der Waals surface area contributed by atoms with Crippen molar-refractivity contribution in [3.8, 4) is 0 Å². The average Bonchev–Trinajstić information content (AvgIpc) is 2.84. The molecular formula is C15H15F2N3O3. The second-order valence-corrected chi connectivity index (χ2v) is 5.11. The van der Waals surface area contributed by atoms with Crippen molar-refractivity contribution in [2.45, 2.75) is 25.8 Å². The van der Waals surface area contributed by atoms with Crippen molar-refractivity contribution in [2.75, 3.05) is 5.32 Å². The van der Waals surface area contributed by atoms with E-state index >= 15 is 0 Å². The topological polar surface area (TPSA) is 84.2 Å². The van der Waals surface area contributed by atoms with Crippen LogP contribution in [0.5, 0.6) is 0 Å². The van der Waals surface area contributed by atoms with E-state index < -0.39 is 29.4 Å². The van der Waals surface area contributed by atoms with Crippen molar-refractivity contribution in [3.63, 3.8) is 0 Å². The van der Waals surface area contributed by atoms with Crippen molar-refractivity contribution < 1.29 is 23.5 Å². The van der Waals surface area contributed by atoms with Gasteiger partial charge in [-0.25, -0.2) is 8.78 Å². The van der Waals surface area contributed by atoms with Crippen molar-refractivity contribution in [1.29, 1.82) is 0 Å². The van der Waals surface area contributed by atoms with E-state index in [1.807, 2.05) is 0 Å². The summed E-state index contributed by atoms with van der Waals surface area (Å²) in [7, 11) is 0. The van der Waals surface area contributed by atoms with Gasteiger partial charge in [-0.2, -0.15) is 5.10 Å². The highest BCUT2D eigenvalue weighted by Gasteiger charge is 2.16. The first-order valence-corrected chi connectivity index (χ1v) is 6.85. The van der Waals surface area contributed by atoms with Crippen LogP contribution in [0.2, 0.25) is 0 Å². The van der Waals surface area contributed by atoms with Crippen LogP contribution in [0, 0.1) is 11.6 Å². The Balaban J connectivity index is 1.96. The highest BCUT2D eigenvalue weighted by molar-refractivity contribution is 5.90. The number of aromatic nitrogens is 2. The van der Waals surface area contributed by atoms with Crippen LogP contribution >= 0.6 is 0 Å². The van der Waals surface area contributed by atoms with Crippen LogP contribution in [0.4, 0.5) is 14.6 Å². The van der Waals surface area contributed by atoms with Crippen LogP contribution in [0.3, 0.4) is 0 Å².